The van der Waals surface area contributed by atoms with Crippen LogP contribution in [0, 0.1) is 0 Å². The minimum atomic E-state index is -4.39. The van der Waals surface area contributed by atoms with Gasteiger partial charge in [0.2, 0.25) is 0 Å². The number of alkyl halides is 3. The number of rotatable bonds is 4. The molecule has 0 radical (unpaired) electrons. The Kier molecular flexibility index (Phi) is 4.63. The highest BCUT2D eigenvalue weighted by molar-refractivity contribution is 5.38. The van der Waals surface area contributed by atoms with Crippen LogP contribution in [0.1, 0.15) is 35.2 Å². The maximum atomic E-state index is 13.1. The minimum Gasteiger partial charge on any atom is -0.309 e. The second-order valence-electron chi connectivity index (χ2n) is 4.78. The first kappa shape index (κ1) is 15.5. The zero-order valence-corrected chi connectivity index (χ0v) is 11.9. The second-order valence-corrected chi connectivity index (χ2v) is 4.78. The van der Waals surface area contributed by atoms with Crippen LogP contribution in [0.25, 0.3) is 0 Å². The van der Waals surface area contributed by atoms with E-state index in [2.05, 4.69) is 10.3 Å². The molecule has 0 saturated heterocycles. The molecule has 0 bridgehead atoms. The van der Waals surface area contributed by atoms with E-state index in [1.165, 1.54) is 12.4 Å². The summed E-state index contributed by atoms with van der Waals surface area (Å²) in [4.78, 5) is 3.85. The van der Waals surface area contributed by atoms with Crippen molar-refractivity contribution in [1.29, 1.82) is 0 Å². The quantitative estimate of drug-likeness (QED) is 0.923. The summed E-state index contributed by atoms with van der Waals surface area (Å²) < 4.78 is 39.4. The Morgan fingerprint density at radius 3 is 2.33 bits per heavy atom. The Hall–Kier alpha value is -1.88. The summed E-state index contributed by atoms with van der Waals surface area (Å²) in [6, 6.07) is 8.05. The van der Waals surface area contributed by atoms with Crippen molar-refractivity contribution in [2.45, 2.75) is 25.6 Å². The summed E-state index contributed by atoms with van der Waals surface area (Å²) >= 11 is 0. The third-order valence-electron chi connectivity index (χ3n) is 3.48. The summed E-state index contributed by atoms with van der Waals surface area (Å²) in [6.07, 6.45) is -1.06. The summed E-state index contributed by atoms with van der Waals surface area (Å²) in [5, 5.41) is 2.94. The maximum Gasteiger partial charge on any atom is 0.416 e. The van der Waals surface area contributed by atoms with Crippen molar-refractivity contribution in [1.82, 2.24) is 10.3 Å². The van der Waals surface area contributed by atoms with Gasteiger partial charge in [-0.15, -0.1) is 0 Å². The predicted octanol–water partition coefficient (Wildman–Crippen LogP) is 3.97. The molecule has 2 aromatic rings. The first-order chi connectivity index (χ1) is 9.97. The number of hydrogen-bond donors (Lipinski definition) is 1. The third kappa shape index (κ3) is 3.42. The molecule has 0 fully saturated rings. The van der Waals surface area contributed by atoms with E-state index in [9.17, 15) is 13.2 Å². The largest absolute Gasteiger partial charge is 0.416 e. The average Bonchev–Trinajstić information content (AvgIpc) is 2.48. The molecule has 2 nitrogen and oxygen atoms in total. The van der Waals surface area contributed by atoms with Gasteiger partial charge in [0.25, 0.3) is 0 Å². The van der Waals surface area contributed by atoms with Crippen molar-refractivity contribution in [3.63, 3.8) is 0 Å². The summed E-state index contributed by atoms with van der Waals surface area (Å²) in [5.41, 5.74) is 1.41. The molecule has 0 saturated carbocycles. The smallest absolute Gasteiger partial charge is 0.309 e. The molecule has 0 aliphatic carbocycles. The number of pyridine rings is 1. The maximum absolute atomic E-state index is 13.1. The van der Waals surface area contributed by atoms with Crippen molar-refractivity contribution in [3.8, 4) is 0 Å². The van der Waals surface area contributed by atoms with Crippen LogP contribution < -0.4 is 5.32 Å². The van der Waals surface area contributed by atoms with Gasteiger partial charge in [-0.1, -0.05) is 31.2 Å². The lowest BCUT2D eigenvalue weighted by atomic mass is 9.95. The highest BCUT2D eigenvalue weighted by Crippen LogP contribution is 2.35. The van der Waals surface area contributed by atoms with Crippen LogP contribution in [0.5, 0.6) is 0 Å². The van der Waals surface area contributed by atoms with Crippen molar-refractivity contribution in [2.75, 3.05) is 7.05 Å². The number of nitrogens with zero attached hydrogens (tertiary/aromatic N) is 1. The number of nitrogens with one attached hydrogen (secondary N) is 1. The molecule has 1 aromatic heterocycles. The molecule has 1 heterocycles. The van der Waals surface area contributed by atoms with Gasteiger partial charge in [0.05, 0.1) is 11.6 Å². The molecule has 112 valence electrons. The molecule has 5 heteroatoms. The van der Waals surface area contributed by atoms with E-state index in [0.29, 0.717) is 0 Å². The molecule has 0 aliphatic heterocycles. The minimum absolute atomic E-state index is 0.136. The van der Waals surface area contributed by atoms with E-state index >= 15 is 0 Å². The van der Waals surface area contributed by atoms with E-state index < -0.39 is 17.8 Å². The summed E-state index contributed by atoms with van der Waals surface area (Å²) in [5.74, 6) is 0. The second kappa shape index (κ2) is 6.26. The van der Waals surface area contributed by atoms with Crippen LogP contribution in [0.15, 0.2) is 42.7 Å². The molecule has 0 spiro atoms. The van der Waals surface area contributed by atoms with Gasteiger partial charge in [0, 0.05) is 18.0 Å². The first-order valence-corrected chi connectivity index (χ1v) is 6.74. The van der Waals surface area contributed by atoms with Gasteiger partial charge >= 0.3 is 6.18 Å². The highest BCUT2D eigenvalue weighted by Gasteiger charge is 2.35. The Bertz CT molecular complexity index is 591. The molecule has 1 unspecified atom stereocenters. The van der Waals surface area contributed by atoms with E-state index in [4.69, 9.17) is 0 Å². The molecule has 21 heavy (non-hydrogen) atoms. The third-order valence-corrected chi connectivity index (χ3v) is 3.48. The summed E-state index contributed by atoms with van der Waals surface area (Å²) in [6.45, 7) is 2.04. The zero-order chi connectivity index (χ0) is 15.5. The van der Waals surface area contributed by atoms with Crippen LogP contribution in [0.4, 0.5) is 13.2 Å². The van der Waals surface area contributed by atoms with Crippen molar-refractivity contribution in [3.05, 3.63) is 65.0 Å². The number of hydrogen-bond acceptors (Lipinski definition) is 2. The lowest BCUT2D eigenvalue weighted by Crippen LogP contribution is -2.22. The average molecular weight is 294 g/mol. The SMILES string of the molecule is CCc1ccc(C(NC)c2cnccc2C(F)(F)F)cc1. The molecule has 1 N–H and O–H groups in total. The van der Waals surface area contributed by atoms with E-state index in [-0.39, 0.29) is 5.56 Å². The standard InChI is InChI=1S/C16H17F3N2/c1-3-11-4-6-12(7-5-11)15(20-2)13-10-21-9-8-14(13)16(17,18)19/h4-10,15,20H,3H2,1-2H3. The number of aryl methyl sites for hydroxylation is 1. The van der Waals surface area contributed by atoms with Crippen LogP contribution in [0.2, 0.25) is 0 Å². The molecular weight excluding hydrogens is 277 g/mol. The number of aromatic nitrogens is 1. The molecule has 1 atom stereocenters. The van der Waals surface area contributed by atoms with E-state index in [1.54, 1.807) is 7.05 Å². The molecule has 0 aliphatic rings. The van der Waals surface area contributed by atoms with Crippen LogP contribution in [-0.2, 0) is 12.6 Å². The number of benzene rings is 1. The van der Waals surface area contributed by atoms with Gasteiger partial charge in [-0.3, -0.25) is 4.98 Å². The molecule has 0 amide bonds. The monoisotopic (exact) mass is 294 g/mol. The molecule has 1 aromatic carbocycles. The molecular formula is C16H17F3N2. The normalized spacial score (nSPS) is 13.2. The fourth-order valence-electron chi connectivity index (χ4n) is 2.34. The lowest BCUT2D eigenvalue weighted by Gasteiger charge is -2.21. The predicted molar refractivity (Wildman–Crippen MR) is 76.0 cm³/mol. The Morgan fingerprint density at radius 1 is 1.14 bits per heavy atom. The van der Waals surface area contributed by atoms with E-state index in [0.717, 1.165) is 23.6 Å². The number of halogens is 3. The molecule has 2 rings (SSSR count). The van der Waals surface area contributed by atoms with Crippen molar-refractivity contribution >= 4 is 0 Å². The van der Waals surface area contributed by atoms with Gasteiger partial charge in [-0.2, -0.15) is 13.2 Å². The Labute approximate surface area is 122 Å². The van der Waals surface area contributed by atoms with E-state index in [1.807, 2.05) is 31.2 Å². The van der Waals surface area contributed by atoms with Crippen LogP contribution >= 0.6 is 0 Å². The van der Waals surface area contributed by atoms with Gasteiger partial charge in [0.1, 0.15) is 0 Å². The lowest BCUT2D eigenvalue weighted by molar-refractivity contribution is -0.138. The van der Waals surface area contributed by atoms with Gasteiger partial charge in [0.15, 0.2) is 0 Å². The highest BCUT2D eigenvalue weighted by atomic mass is 19.4. The topological polar surface area (TPSA) is 24.9 Å². The van der Waals surface area contributed by atoms with Gasteiger partial charge in [-0.25, -0.2) is 0 Å². The zero-order valence-electron chi connectivity index (χ0n) is 11.9. The van der Waals surface area contributed by atoms with Crippen molar-refractivity contribution in [2.24, 2.45) is 0 Å². The fourth-order valence-corrected chi connectivity index (χ4v) is 2.34. The van der Waals surface area contributed by atoms with Gasteiger partial charge in [-0.05, 0) is 30.7 Å². The Balaban J connectivity index is 2.46. The van der Waals surface area contributed by atoms with Crippen LogP contribution in [-0.4, -0.2) is 12.0 Å². The Morgan fingerprint density at radius 2 is 1.81 bits per heavy atom. The fraction of sp³-hybridized carbons (Fsp3) is 0.312. The van der Waals surface area contributed by atoms with Gasteiger partial charge < -0.3 is 5.32 Å². The summed E-state index contributed by atoms with van der Waals surface area (Å²) in [7, 11) is 1.64. The first-order valence-electron chi connectivity index (χ1n) is 6.74. The van der Waals surface area contributed by atoms with Crippen molar-refractivity contribution < 1.29 is 13.2 Å². The van der Waals surface area contributed by atoms with Crippen LogP contribution in [0.3, 0.4) is 0 Å².